The van der Waals surface area contributed by atoms with Gasteiger partial charge in [0.2, 0.25) is 5.91 Å². The number of halogens is 1. The van der Waals surface area contributed by atoms with Gasteiger partial charge in [0.1, 0.15) is 0 Å². The van der Waals surface area contributed by atoms with Crippen LogP contribution in [0.1, 0.15) is 18.1 Å². The second kappa shape index (κ2) is 7.89. The zero-order valence-electron chi connectivity index (χ0n) is 14.4. The SMILES string of the molecule is CCc1cccc(C)c1NC(=O)CNc1ccc(Cl)cc1S(C)(=O)=O. The van der Waals surface area contributed by atoms with E-state index in [1.54, 1.807) is 12.1 Å². The average Bonchev–Trinajstić information content (AvgIpc) is 2.54. The van der Waals surface area contributed by atoms with Crippen LogP contribution in [0.2, 0.25) is 5.02 Å². The van der Waals surface area contributed by atoms with E-state index < -0.39 is 9.84 Å². The normalized spacial score (nSPS) is 11.2. The average molecular weight is 381 g/mol. The first-order valence-corrected chi connectivity index (χ1v) is 10.1. The number of hydrogen-bond donors (Lipinski definition) is 2. The van der Waals surface area contributed by atoms with Crippen molar-refractivity contribution in [3.63, 3.8) is 0 Å². The molecule has 0 radical (unpaired) electrons. The number of anilines is 2. The minimum absolute atomic E-state index is 0.0539. The number of rotatable bonds is 6. The Balaban J connectivity index is 2.14. The molecule has 0 aliphatic rings. The van der Waals surface area contributed by atoms with Crippen LogP contribution in [0, 0.1) is 6.92 Å². The van der Waals surface area contributed by atoms with E-state index in [0.717, 1.165) is 29.5 Å². The number of para-hydroxylation sites is 1. The predicted octanol–water partition coefficient (Wildman–Crippen LogP) is 3.66. The second-order valence-corrected chi connectivity index (χ2v) is 8.20. The summed E-state index contributed by atoms with van der Waals surface area (Å²) in [7, 11) is -3.46. The lowest BCUT2D eigenvalue weighted by molar-refractivity contribution is -0.114. The third kappa shape index (κ3) is 4.96. The molecule has 0 bridgehead atoms. The zero-order valence-corrected chi connectivity index (χ0v) is 16.0. The van der Waals surface area contributed by atoms with Crippen molar-refractivity contribution < 1.29 is 13.2 Å². The molecule has 0 saturated carbocycles. The summed E-state index contributed by atoms with van der Waals surface area (Å²) >= 11 is 5.87. The monoisotopic (exact) mass is 380 g/mol. The maximum Gasteiger partial charge on any atom is 0.243 e. The van der Waals surface area contributed by atoms with Gasteiger partial charge in [-0.1, -0.05) is 36.7 Å². The number of aryl methyl sites for hydroxylation is 2. The quantitative estimate of drug-likeness (QED) is 0.801. The standard InChI is InChI=1S/C18H21ClN2O3S/c1-4-13-7-5-6-12(2)18(13)21-17(22)11-20-15-9-8-14(19)10-16(15)25(3,23)24/h5-10,20H,4,11H2,1-3H3,(H,21,22). The molecule has 0 spiro atoms. The number of carbonyl (C=O) groups excluding carboxylic acids is 1. The lowest BCUT2D eigenvalue weighted by Gasteiger charge is -2.15. The summed E-state index contributed by atoms with van der Waals surface area (Å²) < 4.78 is 23.7. The van der Waals surface area contributed by atoms with E-state index >= 15 is 0 Å². The van der Waals surface area contributed by atoms with Gasteiger partial charge in [-0.05, 0) is 42.7 Å². The summed E-state index contributed by atoms with van der Waals surface area (Å²) in [6, 6.07) is 10.4. The maximum atomic E-state index is 12.3. The van der Waals surface area contributed by atoms with E-state index in [0.29, 0.717) is 10.7 Å². The van der Waals surface area contributed by atoms with E-state index in [1.165, 1.54) is 6.07 Å². The molecular formula is C18H21ClN2O3S. The highest BCUT2D eigenvalue weighted by Crippen LogP contribution is 2.25. The second-order valence-electron chi connectivity index (χ2n) is 5.78. The van der Waals surface area contributed by atoms with Crippen LogP contribution in [0.25, 0.3) is 0 Å². The fourth-order valence-corrected chi connectivity index (χ4v) is 3.63. The van der Waals surface area contributed by atoms with Crippen molar-refractivity contribution in [2.24, 2.45) is 0 Å². The Kier molecular flexibility index (Phi) is 6.08. The molecule has 0 atom stereocenters. The van der Waals surface area contributed by atoms with Crippen LogP contribution in [-0.2, 0) is 21.1 Å². The molecule has 2 aromatic rings. The summed E-state index contributed by atoms with van der Waals surface area (Å²) in [6.45, 7) is 3.90. The highest BCUT2D eigenvalue weighted by molar-refractivity contribution is 7.90. The summed E-state index contributed by atoms with van der Waals surface area (Å²) in [4.78, 5) is 12.4. The smallest absolute Gasteiger partial charge is 0.243 e. The minimum Gasteiger partial charge on any atom is -0.375 e. The molecule has 1 amide bonds. The van der Waals surface area contributed by atoms with Gasteiger partial charge in [-0.2, -0.15) is 0 Å². The predicted molar refractivity (Wildman–Crippen MR) is 102 cm³/mol. The largest absolute Gasteiger partial charge is 0.375 e. The topological polar surface area (TPSA) is 75.3 Å². The Hall–Kier alpha value is -2.05. The van der Waals surface area contributed by atoms with Gasteiger partial charge in [-0.15, -0.1) is 0 Å². The Morgan fingerprint density at radius 2 is 1.92 bits per heavy atom. The first-order chi connectivity index (χ1) is 11.7. The van der Waals surface area contributed by atoms with Gasteiger partial charge in [0.25, 0.3) is 0 Å². The molecule has 2 aromatic carbocycles. The zero-order chi connectivity index (χ0) is 18.6. The van der Waals surface area contributed by atoms with Crippen LogP contribution in [0.15, 0.2) is 41.3 Å². The van der Waals surface area contributed by atoms with Crippen LogP contribution in [0.3, 0.4) is 0 Å². The van der Waals surface area contributed by atoms with E-state index in [2.05, 4.69) is 10.6 Å². The summed E-state index contributed by atoms with van der Waals surface area (Å²) in [5.74, 6) is -0.251. The number of amides is 1. The number of benzene rings is 2. The molecular weight excluding hydrogens is 360 g/mol. The summed E-state index contributed by atoms with van der Waals surface area (Å²) in [5.41, 5.74) is 3.19. The van der Waals surface area contributed by atoms with Crippen molar-refractivity contribution in [2.45, 2.75) is 25.2 Å². The molecule has 0 aromatic heterocycles. The molecule has 0 aliphatic heterocycles. The van der Waals surface area contributed by atoms with Crippen molar-refractivity contribution in [3.05, 3.63) is 52.5 Å². The Morgan fingerprint density at radius 1 is 1.20 bits per heavy atom. The molecule has 2 N–H and O–H groups in total. The van der Waals surface area contributed by atoms with E-state index in [9.17, 15) is 13.2 Å². The summed E-state index contributed by atoms with van der Waals surface area (Å²) in [6.07, 6.45) is 1.91. The van der Waals surface area contributed by atoms with E-state index in [1.807, 2.05) is 32.0 Å². The van der Waals surface area contributed by atoms with Crippen molar-refractivity contribution in [2.75, 3.05) is 23.4 Å². The van der Waals surface area contributed by atoms with Crippen LogP contribution in [0.4, 0.5) is 11.4 Å². The molecule has 134 valence electrons. The first-order valence-electron chi connectivity index (χ1n) is 7.84. The Morgan fingerprint density at radius 3 is 2.56 bits per heavy atom. The van der Waals surface area contributed by atoms with Crippen molar-refractivity contribution in [1.29, 1.82) is 0 Å². The molecule has 0 aliphatic carbocycles. The number of carbonyl (C=O) groups is 1. The minimum atomic E-state index is -3.46. The van der Waals surface area contributed by atoms with E-state index in [-0.39, 0.29) is 17.3 Å². The van der Waals surface area contributed by atoms with Gasteiger partial charge in [0.05, 0.1) is 17.1 Å². The Bertz CT molecular complexity index is 895. The third-order valence-electron chi connectivity index (χ3n) is 3.79. The lowest BCUT2D eigenvalue weighted by atomic mass is 10.1. The number of nitrogens with one attached hydrogen (secondary N) is 2. The van der Waals surface area contributed by atoms with Gasteiger partial charge in [-0.3, -0.25) is 4.79 Å². The molecule has 0 fully saturated rings. The number of sulfone groups is 1. The Labute approximate surface area is 153 Å². The maximum absolute atomic E-state index is 12.3. The molecule has 25 heavy (non-hydrogen) atoms. The highest BCUT2D eigenvalue weighted by Gasteiger charge is 2.15. The van der Waals surface area contributed by atoms with Crippen LogP contribution < -0.4 is 10.6 Å². The highest BCUT2D eigenvalue weighted by atomic mass is 35.5. The van der Waals surface area contributed by atoms with Crippen molar-refractivity contribution >= 4 is 38.7 Å². The fraction of sp³-hybridized carbons (Fsp3) is 0.278. The third-order valence-corrected chi connectivity index (χ3v) is 5.16. The van der Waals surface area contributed by atoms with Gasteiger partial charge in [-0.25, -0.2) is 8.42 Å². The molecule has 2 rings (SSSR count). The molecule has 0 saturated heterocycles. The van der Waals surface area contributed by atoms with Gasteiger partial charge in [0.15, 0.2) is 9.84 Å². The van der Waals surface area contributed by atoms with Crippen LogP contribution in [-0.4, -0.2) is 27.1 Å². The van der Waals surface area contributed by atoms with Gasteiger partial charge >= 0.3 is 0 Å². The lowest BCUT2D eigenvalue weighted by Crippen LogP contribution is -2.23. The molecule has 0 unspecified atom stereocenters. The first kappa shape index (κ1) is 19.3. The van der Waals surface area contributed by atoms with Crippen LogP contribution >= 0.6 is 11.6 Å². The van der Waals surface area contributed by atoms with Crippen molar-refractivity contribution in [3.8, 4) is 0 Å². The van der Waals surface area contributed by atoms with E-state index in [4.69, 9.17) is 11.6 Å². The molecule has 7 heteroatoms. The fourth-order valence-electron chi connectivity index (χ4n) is 2.51. The summed E-state index contributed by atoms with van der Waals surface area (Å²) in [5, 5.41) is 6.09. The van der Waals surface area contributed by atoms with Gasteiger partial charge in [0, 0.05) is 17.0 Å². The molecule has 0 heterocycles. The van der Waals surface area contributed by atoms with Gasteiger partial charge < -0.3 is 10.6 Å². The number of hydrogen-bond acceptors (Lipinski definition) is 4. The van der Waals surface area contributed by atoms with Crippen LogP contribution in [0.5, 0.6) is 0 Å². The molecule has 5 nitrogen and oxygen atoms in total. The van der Waals surface area contributed by atoms with Crippen molar-refractivity contribution in [1.82, 2.24) is 0 Å².